The van der Waals surface area contributed by atoms with Crippen molar-refractivity contribution >= 4 is 36.4 Å². The number of ether oxygens (including phenoxy) is 3. The molecule has 45 heavy (non-hydrogen) atoms. The number of nitrogens with zero attached hydrogens (tertiary/aromatic N) is 1. The maximum absolute atomic E-state index is 13.0. The van der Waals surface area contributed by atoms with Crippen LogP contribution in [0.4, 0.5) is 0 Å². The smallest absolute Gasteiger partial charge is 0.333 e. The number of benzene rings is 1. The van der Waals surface area contributed by atoms with Gasteiger partial charge in [-0.15, -0.1) is 0 Å². The van der Waals surface area contributed by atoms with E-state index in [2.05, 4.69) is 10.6 Å². The molecule has 1 fully saturated rings. The number of hydrogen-bond donors (Lipinski definition) is 4. The van der Waals surface area contributed by atoms with E-state index >= 15 is 0 Å². The summed E-state index contributed by atoms with van der Waals surface area (Å²) in [6.45, 7) is 4.78. The van der Waals surface area contributed by atoms with E-state index in [4.69, 9.17) is 14.2 Å². The van der Waals surface area contributed by atoms with Gasteiger partial charge in [-0.05, 0) is 36.0 Å². The van der Waals surface area contributed by atoms with E-state index in [0.29, 0.717) is 37.8 Å². The Kier molecular flexibility index (Phi) is 15.4. The molecule has 0 aliphatic carbocycles. The fraction of sp³-hybridized carbons (Fsp3) is 0.613. The lowest BCUT2D eigenvalue weighted by atomic mass is 9.86. The van der Waals surface area contributed by atoms with Crippen LogP contribution in [0.3, 0.4) is 0 Å². The number of aliphatic hydroxyl groups is 1. The van der Waals surface area contributed by atoms with Gasteiger partial charge in [0.1, 0.15) is 18.6 Å². The fourth-order valence-corrected chi connectivity index (χ4v) is 4.65. The van der Waals surface area contributed by atoms with Crippen molar-refractivity contribution in [2.24, 2.45) is 5.41 Å². The number of carboxylic acid groups (broad SMARTS) is 1. The summed E-state index contributed by atoms with van der Waals surface area (Å²) in [4.78, 5) is 72.0. The summed E-state index contributed by atoms with van der Waals surface area (Å²) in [5.41, 5.74) is 0.191. The Bertz CT molecular complexity index is 1170. The molecule has 14 heteroatoms. The zero-order chi connectivity index (χ0) is 33.4. The quantitative estimate of drug-likeness (QED) is 0.120. The molecule has 1 saturated heterocycles. The minimum atomic E-state index is -1.26. The van der Waals surface area contributed by atoms with Gasteiger partial charge in [-0.1, -0.05) is 26.3 Å². The number of carbonyl (C=O) groups is 6. The van der Waals surface area contributed by atoms with Crippen LogP contribution < -0.4 is 15.4 Å². The third kappa shape index (κ3) is 13.6. The maximum atomic E-state index is 13.0. The first-order chi connectivity index (χ1) is 21.3. The number of rotatable bonds is 20. The fourth-order valence-electron chi connectivity index (χ4n) is 4.65. The number of aliphatic hydroxyl groups excluding tert-OH is 1. The molecule has 14 nitrogen and oxygen atoms in total. The summed E-state index contributed by atoms with van der Waals surface area (Å²) in [6, 6.07) is 4.48. The molecule has 0 radical (unpaired) electrons. The number of hydrogen-bond acceptors (Lipinski definition) is 10. The lowest BCUT2D eigenvalue weighted by Gasteiger charge is -2.31. The Morgan fingerprint density at radius 2 is 1.82 bits per heavy atom. The van der Waals surface area contributed by atoms with Crippen LogP contribution in [-0.4, -0.2) is 96.7 Å². The number of amides is 3. The van der Waals surface area contributed by atoms with E-state index in [1.54, 1.807) is 18.0 Å². The van der Waals surface area contributed by atoms with Crippen LogP contribution in [0, 0.1) is 5.41 Å². The molecule has 1 aliphatic heterocycles. The average molecular weight is 636 g/mol. The molecule has 0 saturated carbocycles. The van der Waals surface area contributed by atoms with Gasteiger partial charge in [-0.25, -0.2) is 4.79 Å². The lowest BCUT2D eigenvalue weighted by molar-refractivity contribution is -0.195. The van der Waals surface area contributed by atoms with E-state index in [-0.39, 0.29) is 67.6 Å². The second kappa shape index (κ2) is 18.7. The predicted octanol–water partition coefficient (Wildman–Crippen LogP) is 1.56. The van der Waals surface area contributed by atoms with Gasteiger partial charge in [-0.3, -0.25) is 19.2 Å². The molecule has 1 heterocycles. The first kappa shape index (κ1) is 37.1. The Hall–Kier alpha value is -4.04. The number of carboxylic acids is 1. The number of carbonyl (C=O) groups excluding carboxylic acids is 5. The Morgan fingerprint density at radius 1 is 1.09 bits per heavy atom. The highest BCUT2D eigenvalue weighted by Gasteiger charge is 2.34. The SMILES string of the molecule is CN(CCCCCC(=O)NCCNC(=O)c1cc(COC=O)ccc1OC1CC(O)CC(C(=O)O)O1)C(=O)CC(C)(C)CC=O. The molecule has 4 N–H and O–H groups in total. The molecule has 1 aliphatic rings. The monoisotopic (exact) mass is 635 g/mol. The highest BCUT2D eigenvalue weighted by atomic mass is 16.7. The highest BCUT2D eigenvalue weighted by molar-refractivity contribution is 5.97. The molecule has 250 valence electrons. The van der Waals surface area contributed by atoms with E-state index < -0.39 is 30.4 Å². The molecule has 0 aromatic heterocycles. The summed E-state index contributed by atoms with van der Waals surface area (Å²) in [6.07, 6.45) is 0.437. The summed E-state index contributed by atoms with van der Waals surface area (Å²) in [5, 5.41) is 24.7. The Morgan fingerprint density at radius 3 is 2.51 bits per heavy atom. The van der Waals surface area contributed by atoms with Crippen molar-refractivity contribution in [3.05, 3.63) is 29.3 Å². The van der Waals surface area contributed by atoms with Gasteiger partial charge in [0.05, 0.1) is 11.7 Å². The van der Waals surface area contributed by atoms with Crippen LogP contribution >= 0.6 is 0 Å². The standard InChI is InChI=1S/C31H45N3O11/c1-31(2,10-14-35)18-27(39)34(3)13-6-4-5-7-26(38)32-11-12-33-29(40)23-15-21(19-43-20-36)8-9-24(23)44-28-17-22(37)16-25(45-28)30(41)42/h8-9,14-15,20,22,25,28,37H,4-7,10-13,16-19H2,1-3H3,(H,32,38)(H,33,40)(H,41,42). The molecule has 0 spiro atoms. The molecule has 3 amide bonds. The molecular formula is C31H45N3O11. The van der Waals surface area contributed by atoms with Crippen LogP contribution in [0.5, 0.6) is 5.75 Å². The van der Waals surface area contributed by atoms with Gasteiger partial charge in [0.15, 0.2) is 6.10 Å². The lowest BCUT2D eigenvalue weighted by Crippen LogP contribution is -2.42. The number of aldehydes is 1. The topological polar surface area (TPSA) is 198 Å². The molecule has 1 aromatic carbocycles. The van der Waals surface area contributed by atoms with Gasteiger partial charge in [0, 0.05) is 58.8 Å². The minimum absolute atomic E-state index is 0.00250. The second-order valence-electron chi connectivity index (χ2n) is 11.8. The molecule has 2 rings (SSSR count). The van der Waals surface area contributed by atoms with Crippen molar-refractivity contribution in [2.45, 2.75) is 90.3 Å². The first-order valence-electron chi connectivity index (χ1n) is 15.0. The van der Waals surface area contributed by atoms with Crippen LogP contribution in [0.15, 0.2) is 18.2 Å². The molecule has 1 aromatic rings. The first-order valence-corrected chi connectivity index (χ1v) is 15.0. The summed E-state index contributed by atoms with van der Waals surface area (Å²) >= 11 is 0. The third-order valence-corrected chi connectivity index (χ3v) is 7.23. The van der Waals surface area contributed by atoms with Crippen LogP contribution in [0.25, 0.3) is 0 Å². The van der Waals surface area contributed by atoms with Crippen molar-refractivity contribution in [2.75, 3.05) is 26.7 Å². The van der Waals surface area contributed by atoms with Gasteiger partial charge < -0.3 is 44.8 Å². The highest BCUT2D eigenvalue weighted by Crippen LogP contribution is 2.27. The van der Waals surface area contributed by atoms with Crippen molar-refractivity contribution in [1.82, 2.24) is 15.5 Å². The van der Waals surface area contributed by atoms with E-state index in [1.807, 2.05) is 13.8 Å². The van der Waals surface area contributed by atoms with E-state index in [0.717, 1.165) is 19.1 Å². The number of aliphatic carboxylic acids is 1. The van der Waals surface area contributed by atoms with Gasteiger partial charge in [-0.2, -0.15) is 0 Å². The average Bonchev–Trinajstić information content (AvgIpc) is 2.97. The molecule has 3 unspecified atom stereocenters. The summed E-state index contributed by atoms with van der Waals surface area (Å²) in [5.74, 6) is -1.91. The van der Waals surface area contributed by atoms with Gasteiger partial charge in [0.2, 0.25) is 18.1 Å². The van der Waals surface area contributed by atoms with Crippen molar-refractivity contribution in [3.63, 3.8) is 0 Å². The Labute approximate surface area is 262 Å². The molecule has 3 atom stereocenters. The molecular weight excluding hydrogens is 590 g/mol. The van der Waals surface area contributed by atoms with Crippen molar-refractivity contribution < 1.29 is 53.2 Å². The number of unbranched alkanes of at least 4 members (excludes halogenated alkanes) is 2. The normalized spacial score (nSPS) is 17.9. The number of nitrogens with one attached hydrogen (secondary N) is 2. The van der Waals surface area contributed by atoms with Crippen molar-refractivity contribution in [3.8, 4) is 5.75 Å². The summed E-state index contributed by atoms with van der Waals surface area (Å²) < 4.78 is 15.9. The van der Waals surface area contributed by atoms with Crippen LogP contribution in [-0.2, 0) is 40.1 Å². The zero-order valence-corrected chi connectivity index (χ0v) is 26.1. The van der Waals surface area contributed by atoms with E-state index in [9.17, 15) is 39.0 Å². The van der Waals surface area contributed by atoms with Crippen molar-refractivity contribution in [1.29, 1.82) is 0 Å². The van der Waals surface area contributed by atoms with E-state index in [1.165, 1.54) is 12.1 Å². The zero-order valence-electron chi connectivity index (χ0n) is 26.1. The Balaban J connectivity index is 1.79. The van der Waals surface area contributed by atoms with Gasteiger partial charge in [0.25, 0.3) is 12.4 Å². The van der Waals surface area contributed by atoms with Crippen LogP contribution in [0.1, 0.15) is 81.1 Å². The van der Waals surface area contributed by atoms with Gasteiger partial charge >= 0.3 is 5.97 Å². The minimum Gasteiger partial charge on any atom is -0.479 e. The third-order valence-electron chi connectivity index (χ3n) is 7.23. The maximum Gasteiger partial charge on any atom is 0.333 e. The molecule has 0 bridgehead atoms. The second-order valence-corrected chi connectivity index (χ2v) is 11.8. The van der Waals surface area contributed by atoms with Crippen LogP contribution in [0.2, 0.25) is 0 Å². The summed E-state index contributed by atoms with van der Waals surface area (Å²) in [7, 11) is 1.73. The largest absolute Gasteiger partial charge is 0.479 e. The predicted molar refractivity (Wildman–Crippen MR) is 160 cm³/mol.